The normalized spacial score (nSPS) is 14.6. The van der Waals surface area contributed by atoms with Crippen molar-refractivity contribution in [3.8, 4) is 0 Å². The van der Waals surface area contributed by atoms with Crippen molar-refractivity contribution >= 4 is 11.8 Å². The monoisotopic (exact) mass is 232 g/mol. The number of nitrogens with two attached hydrogens (primary N) is 1. The summed E-state index contributed by atoms with van der Waals surface area (Å²) in [4.78, 5) is 2.40. The van der Waals surface area contributed by atoms with Crippen LogP contribution in [0.4, 0.5) is 0 Å². The number of hydrogen-bond donors (Lipinski definition) is 1. The third-order valence-corrected chi connectivity index (χ3v) is 3.07. The van der Waals surface area contributed by atoms with E-state index in [4.69, 9.17) is 5.73 Å². The molecule has 0 aliphatic rings. The molecule has 92 valence electrons. The van der Waals surface area contributed by atoms with Crippen LogP contribution in [0.3, 0.4) is 0 Å². The Labute approximate surface area is 100.0 Å². The molecule has 0 bridgehead atoms. The molecule has 0 aromatic carbocycles. The predicted octanol–water partition coefficient (Wildman–Crippen LogP) is 2.29. The summed E-state index contributed by atoms with van der Waals surface area (Å²) < 4.78 is 0. The highest BCUT2D eigenvalue weighted by Gasteiger charge is 2.18. The van der Waals surface area contributed by atoms with Crippen LogP contribution in [0.25, 0.3) is 0 Å². The standard InChI is InChI=1S/C12H28N2S/c1-12(2,3)8-11(9-13)10-14(4)6-7-15-5/h11H,6-10,13H2,1-5H3. The van der Waals surface area contributed by atoms with Gasteiger partial charge in [-0.05, 0) is 37.6 Å². The molecule has 0 aromatic rings. The molecule has 3 heteroatoms. The third kappa shape index (κ3) is 9.21. The van der Waals surface area contributed by atoms with E-state index < -0.39 is 0 Å². The van der Waals surface area contributed by atoms with Crippen molar-refractivity contribution < 1.29 is 0 Å². The Morgan fingerprint density at radius 1 is 1.33 bits per heavy atom. The number of hydrogen-bond acceptors (Lipinski definition) is 3. The smallest absolute Gasteiger partial charge is 0.00693 e. The van der Waals surface area contributed by atoms with Crippen LogP contribution in [0.2, 0.25) is 0 Å². The topological polar surface area (TPSA) is 29.3 Å². The van der Waals surface area contributed by atoms with Gasteiger partial charge in [-0.3, -0.25) is 0 Å². The molecule has 0 spiro atoms. The lowest BCUT2D eigenvalue weighted by Crippen LogP contribution is -2.33. The minimum Gasteiger partial charge on any atom is -0.330 e. The van der Waals surface area contributed by atoms with Crippen LogP contribution in [0.15, 0.2) is 0 Å². The quantitative estimate of drug-likeness (QED) is 0.730. The lowest BCUT2D eigenvalue weighted by molar-refractivity contribution is 0.228. The lowest BCUT2D eigenvalue weighted by atomic mass is 9.84. The van der Waals surface area contributed by atoms with E-state index in [2.05, 4.69) is 39.0 Å². The van der Waals surface area contributed by atoms with Gasteiger partial charge in [0.1, 0.15) is 0 Å². The highest BCUT2D eigenvalue weighted by Crippen LogP contribution is 2.24. The van der Waals surface area contributed by atoms with Crippen molar-refractivity contribution in [1.29, 1.82) is 0 Å². The second-order valence-electron chi connectivity index (χ2n) is 5.62. The summed E-state index contributed by atoms with van der Waals surface area (Å²) in [6.07, 6.45) is 3.37. The fourth-order valence-electron chi connectivity index (χ4n) is 1.87. The average Bonchev–Trinajstić information content (AvgIpc) is 2.11. The van der Waals surface area contributed by atoms with Crippen LogP contribution in [0, 0.1) is 11.3 Å². The Balaban J connectivity index is 3.87. The largest absolute Gasteiger partial charge is 0.330 e. The van der Waals surface area contributed by atoms with Gasteiger partial charge >= 0.3 is 0 Å². The van der Waals surface area contributed by atoms with Crippen molar-refractivity contribution in [2.24, 2.45) is 17.1 Å². The Morgan fingerprint density at radius 3 is 2.33 bits per heavy atom. The van der Waals surface area contributed by atoms with Crippen LogP contribution in [0.1, 0.15) is 27.2 Å². The van der Waals surface area contributed by atoms with Crippen molar-refractivity contribution in [2.75, 3.05) is 38.7 Å². The van der Waals surface area contributed by atoms with E-state index in [0.717, 1.165) is 13.1 Å². The maximum absolute atomic E-state index is 5.83. The highest BCUT2D eigenvalue weighted by molar-refractivity contribution is 7.98. The molecule has 2 N–H and O–H groups in total. The molecule has 0 heterocycles. The van der Waals surface area contributed by atoms with Crippen LogP contribution in [0.5, 0.6) is 0 Å². The first-order valence-corrected chi connectivity index (χ1v) is 7.16. The van der Waals surface area contributed by atoms with Gasteiger partial charge in [-0.1, -0.05) is 20.8 Å². The summed E-state index contributed by atoms with van der Waals surface area (Å²) in [5, 5.41) is 0. The van der Waals surface area contributed by atoms with Crippen LogP contribution in [-0.4, -0.2) is 43.6 Å². The maximum Gasteiger partial charge on any atom is 0.00693 e. The third-order valence-electron chi connectivity index (χ3n) is 2.48. The van der Waals surface area contributed by atoms with E-state index in [1.165, 1.54) is 18.7 Å². The van der Waals surface area contributed by atoms with Gasteiger partial charge in [0.15, 0.2) is 0 Å². The number of thioether (sulfide) groups is 1. The minimum absolute atomic E-state index is 0.393. The first kappa shape index (κ1) is 15.3. The SMILES string of the molecule is CSCCN(C)CC(CN)CC(C)(C)C. The molecule has 1 atom stereocenters. The van der Waals surface area contributed by atoms with E-state index in [1.54, 1.807) is 0 Å². The maximum atomic E-state index is 5.83. The first-order valence-electron chi connectivity index (χ1n) is 5.76. The van der Waals surface area contributed by atoms with E-state index >= 15 is 0 Å². The van der Waals surface area contributed by atoms with Crippen molar-refractivity contribution in [2.45, 2.75) is 27.2 Å². The summed E-state index contributed by atoms with van der Waals surface area (Å²) in [5.74, 6) is 1.85. The molecule has 0 rings (SSSR count). The molecule has 0 fully saturated rings. The van der Waals surface area contributed by atoms with E-state index in [9.17, 15) is 0 Å². The molecule has 0 aliphatic carbocycles. The first-order chi connectivity index (χ1) is 6.89. The number of nitrogens with zero attached hydrogens (tertiary/aromatic N) is 1. The summed E-state index contributed by atoms with van der Waals surface area (Å²) >= 11 is 1.90. The Hall–Kier alpha value is 0.270. The van der Waals surface area contributed by atoms with Gasteiger partial charge in [0.25, 0.3) is 0 Å². The molecule has 15 heavy (non-hydrogen) atoms. The molecule has 1 unspecified atom stereocenters. The van der Waals surface area contributed by atoms with Crippen LogP contribution in [-0.2, 0) is 0 Å². The molecular formula is C12H28N2S. The summed E-state index contributed by atoms with van der Waals surface area (Å²) in [5.41, 5.74) is 6.22. The zero-order chi connectivity index (χ0) is 11.9. The fourth-order valence-corrected chi connectivity index (χ4v) is 2.36. The molecular weight excluding hydrogens is 204 g/mol. The molecule has 2 nitrogen and oxygen atoms in total. The van der Waals surface area contributed by atoms with E-state index in [0.29, 0.717) is 11.3 Å². The van der Waals surface area contributed by atoms with Gasteiger partial charge in [0, 0.05) is 18.8 Å². The molecule has 0 saturated carbocycles. The average molecular weight is 232 g/mol. The fraction of sp³-hybridized carbons (Fsp3) is 1.00. The molecule has 0 saturated heterocycles. The second-order valence-corrected chi connectivity index (χ2v) is 6.61. The Kier molecular flexibility index (Phi) is 7.66. The Bertz CT molecular complexity index is 154. The van der Waals surface area contributed by atoms with Crippen LogP contribution < -0.4 is 5.73 Å². The summed E-state index contributed by atoms with van der Waals surface area (Å²) in [6.45, 7) is 9.98. The predicted molar refractivity (Wildman–Crippen MR) is 72.5 cm³/mol. The van der Waals surface area contributed by atoms with Gasteiger partial charge in [-0.2, -0.15) is 11.8 Å². The van der Waals surface area contributed by atoms with E-state index in [1.807, 2.05) is 11.8 Å². The van der Waals surface area contributed by atoms with Gasteiger partial charge in [0.05, 0.1) is 0 Å². The summed E-state index contributed by atoms with van der Waals surface area (Å²) in [6, 6.07) is 0. The zero-order valence-corrected chi connectivity index (χ0v) is 11.9. The Morgan fingerprint density at radius 2 is 1.93 bits per heavy atom. The molecule has 0 amide bonds. The van der Waals surface area contributed by atoms with Crippen molar-refractivity contribution in [1.82, 2.24) is 4.90 Å². The van der Waals surface area contributed by atoms with Crippen molar-refractivity contribution in [3.63, 3.8) is 0 Å². The lowest BCUT2D eigenvalue weighted by Gasteiger charge is -2.28. The van der Waals surface area contributed by atoms with Crippen molar-refractivity contribution in [3.05, 3.63) is 0 Å². The second kappa shape index (κ2) is 7.53. The van der Waals surface area contributed by atoms with Crippen LogP contribution >= 0.6 is 11.8 Å². The molecule has 0 aromatic heterocycles. The van der Waals surface area contributed by atoms with Gasteiger partial charge < -0.3 is 10.6 Å². The minimum atomic E-state index is 0.393. The number of rotatable bonds is 7. The molecule has 0 radical (unpaired) electrons. The molecule has 0 aliphatic heterocycles. The zero-order valence-electron chi connectivity index (χ0n) is 11.0. The van der Waals surface area contributed by atoms with Gasteiger partial charge in [-0.15, -0.1) is 0 Å². The van der Waals surface area contributed by atoms with Gasteiger partial charge in [0.2, 0.25) is 0 Å². The van der Waals surface area contributed by atoms with Gasteiger partial charge in [-0.25, -0.2) is 0 Å². The summed E-state index contributed by atoms with van der Waals surface area (Å²) in [7, 11) is 2.20. The van der Waals surface area contributed by atoms with E-state index in [-0.39, 0.29) is 0 Å². The highest BCUT2D eigenvalue weighted by atomic mass is 32.2.